The summed E-state index contributed by atoms with van der Waals surface area (Å²) in [6, 6.07) is 21.3. The molecule has 1 aliphatic heterocycles. The van der Waals surface area contributed by atoms with Gasteiger partial charge < -0.3 is 0 Å². The van der Waals surface area contributed by atoms with E-state index in [4.69, 9.17) is 4.99 Å². The summed E-state index contributed by atoms with van der Waals surface area (Å²) >= 11 is 0. The Balaban J connectivity index is 1.93. The van der Waals surface area contributed by atoms with Gasteiger partial charge in [0.15, 0.2) is 0 Å². The van der Waals surface area contributed by atoms with E-state index in [0.29, 0.717) is 0 Å². The fourth-order valence-corrected chi connectivity index (χ4v) is 3.27. The first-order chi connectivity index (χ1) is 9.92. The Morgan fingerprint density at radius 1 is 0.600 bits per heavy atom. The summed E-state index contributed by atoms with van der Waals surface area (Å²) in [6.07, 6.45) is 2.26. The van der Waals surface area contributed by atoms with Crippen LogP contribution in [0.3, 0.4) is 0 Å². The maximum atomic E-state index is 4.84. The lowest BCUT2D eigenvalue weighted by atomic mass is 10.0. The molecule has 5 rings (SSSR count). The maximum Gasteiger partial charge on any atom is 0.0795 e. The standard InChI is InChI=1S/C19H11N/c1-2-6-13-12(5-1)11-17-14(13)9-10-16-15-7-3-4-8-18(15)20-19(16)17/h1-11H. The van der Waals surface area contributed by atoms with Gasteiger partial charge in [0.05, 0.1) is 11.0 Å². The minimum absolute atomic E-state index is 1.08. The van der Waals surface area contributed by atoms with Crippen molar-refractivity contribution >= 4 is 11.8 Å². The molecular weight excluding hydrogens is 242 g/mol. The highest BCUT2D eigenvalue weighted by atomic mass is 14.8. The van der Waals surface area contributed by atoms with Crippen LogP contribution in [0.4, 0.5) is 5.69 Å². The average molecular weight is 253 g/mol. The predicted molar refractivity (Wildman–Crippen MR) is 81.3 cm³/mol. The average Bonchev–Trinajstić information content (AvgIpc) is 3.05. The van der Waals surface area contributed by atoms with Crippen LogP contribution in [-0.2, 0) is 0 Å². The molecule has 20 heavy (non-hydrogen) atoms. The highest BCUT2D eigenvalue weighted by Crippen LogP contribution is 2.33. The topological polar surface area (TPSA) is 12.4 Å². The lowest BCUT2D eigenvalue weighted by molar-refractivity contribution is 1.38. The maximum absolute atomic E-state index is 4.84. The van der Waals surface area contributed by atoms with Crippen molar-refractivity contribution in [2.45, 2.75) is 0 Å². The minimum Gasteiger partial charge on any atom is -0.247 e. The van der Waals surface area contributed by atoms with Gasteiger partial charge in [0.1, 0.15) is 0 Å². The van der Waals surface area contributed by atoms with Gasteiger partial charge in [-0.3, -0.25) is 0 Å². The molecule has 0 N–H and O–H groups in total. The van der Waals surface area contributed by atoms with E-state index in [-0.39, 0.29) is 0 Å². The van der Waals surface area contributed by atoms with Crippen LogP contribution >= 0.6 is 0 Å². The molecule has 0 spiro atoms. The molecule has 0 aromatic heterocycles. The Bertz CT molecular complexity index is 914. The molecule has 0 atom stereocenters. The zero-order valence-corrected chi connectivity index (χ0v) is 10.8. The van der Waals surface area contributed by atoms with Crippen molar-refractivity contribution in [3.8, 4) is 22.3 Å². The van der Waals surface area contributed by atoms with E-state index >= 15 is 0 Å². The van der Waals surface area contributed by atoms with Crippen LogP contribution in [0.1, 0.15) is 5.56 Å². The number of benzene rings is 3. The number of para-hydroxylation sites is 1. The summed E-state index contributed by atoms with van der Waals surface area (Å²) in [5.74, 6) is 0. The molecule has 1 aliphatic carbocycles. The van der Waals surface area contributed by atoms with Crippen LogP contribution in [-0.4, -0.2) is 0 Å². The van der Waals surface area contributed by atoms with Gasteiger partial charge in [-0.15, -0.1) is 0 Å². The van der Waals surface area contributed by atoms with E-state index < -0.39 is 0 Å². The van der Waals surface area contributed by atoms with Gasteiger partial charge in [0.2, 0.25) is 0 Å². The molecule has 3 aromatic rings. The normalized spacial score (nSPS) is 12.8. The molecule has 0 radical (unpaired) electrons. The van der Waals surface area contributed by atoms with Gasteiger partial charge in [-0.05, 0) is 28.8 Å². The van der Waals surface area contributed by atoms with Crippen molar-refractivity contribution in [2.75, 3.05) is 0 Å². The molecule has 2 aliphatic rings. The van der Waals surface area contributed by atoms with E-state index in [9.17, 15) is 0 Å². The fraction of sp³-hybridized carbons (Fsp3) is 0. The zero-order chi connectivity index (χ0) is 13.1. The summed E-state index contributed by atoms with van der Waals surface area (Å²) in [7, 11) is 0. The fourth-order valence-electron chi connectivity index (χ4n) is 3.27. The predicted octanol–water partition coefficient (Wildman–Crippen LogP) is 3.43. The Morgan fingerprint density at radius 3 is 2.30 bits per heavy atom. The molecule has 0 amide bonds. The lowest BCUT2D eigenvalue weighted by Gasteiger charge is -2.02. The van der Waals surface area contributed by atoms with Crippen LogP contribution < -0.4 is 10.6 Å². The second-order valence-corrected chi connectivity index (χ2v) is 5.28. The Kier molecular flexibility index (Phi) is 1.75. The number of rotatable bonds is 0. The smallest absolute Gasteiger partial charge is 0.0795 e. The summed E-state index contributed by atoms with van der Waals surface area (Å²) in [5, 5.41) is 2.39. The van der Waals surface area contributed by atoms with Crippen molar-refractivity contribution < 1.29 is 0 Å². The van der Waals surface area contributed by atoms with Gasteiger partial charge >= 0.3 is 0 Å². The van der Waals surface area contributed by atoms with E-state index in [2.05, 4.69) is 60.7 Å². The summed E-state index contributed by atoms with van der Waals surface area (Å²) in [4.78, 5) is 4.84. The van der Waals surface area contributed by atoms with Crippen molar-refractivity contribution in [3.63, 3.8) is 0 Å². The van der Waals surface area contributed by atoms with Crippen molar-refractivity contribution in [2.24, 2.45) is 4.99 Å². The van der Waals surface area contributed by atoms with Gasteiger partial charge in [0.25, 0.3) is 0 Å². The highest BCUT2D eigenvalue weighted by molar-refractivity contribution is 5.87. The van der Waals surface area contributed by atoms with Gasteiger partial charge in [-0.25, -0.2) is 4.99 Å². The molecule has 1 nitrogen and oxygen atoms in total. The molecule has 1 heterocycles. The molecule has 0 fully saturated rings. The van der Waals surface area contributed by atoms with Crippen LogP contribution in [0.25, 0.3) is 28.3 Å². The van der Waals surface area contributed by atoms with Crippen LogP contribution in [0, 0.1) is 0 Å². The van der Waals surface area contributed by atoms with E-state index in [1.807, 2.05) is 6.07 Å². The van der Waals surface area contributed by atoms with E-state index in [1.54, 1.807) is 0 Å². The molecular formula is C19H11N. The third-order valence-electron chi connectivity index (χ3n) is 4.19. The Morgan fingerprint density at radius 2 is 1.35 bits per heavy atom. The highest BCUT2D eigenvalue weighted by Gasteiger charge is 2.19. The van der Waals surface area contributed by atoms with Gasteiger partial charge in [-0.2, -0.15) is 0 Å². The van der Waals surface area contributed by atoms with Crippen LogP contribution in [0.15, 0.2) is 65.7 Å². The van der Waals surface area contributed by atoms with Crippen LogP contribution in [0.2, 0.25) is 0 Å². The third kappa shape index (κ3) is 1.15. The molecule has 3 aromatic carbocycles. The summed E-state index contributed by atoms with van der Waals surface area (Å²) in [6.45, 7) is 0. The first-order valence-electron chi connectivity index (χ1n) is 6.84. The number of nitrogens with zero attached hydrogens (tertiary/aromatic N) is 1. The zero-order valence-electron chi connectivity index (χ0n) is 10.8. The molecule has 0 bridgehead atoms. The van der Waals surface area contributed by atoms with E-state index in [0.717, 1.165) is 11.0 Å². The quantitative estimate of drug-likeness (QED) is 0.401. The number of hydrogen-bond donors (Lipinski definition) is 0. The van der Waals surface area contributed by atoms with Crippen molar-refractivity contribution in [1.82, 2.24) is 0 Å². The monoisotopic (exact) mass is 253 g/mol. The van der Waals surface area contributed by atoms with Crippen molar-refractivity contribution in [3.05, 3.63) is 76.8 Å². The molecule has 1 heteroatoms. The first kappa shape index (κ1) is 10.2. The Labute approximate surface area is 116 Å². The van der Waals surface area contributed by atoms with Gasteiger partial charge in [-0.1, -0.05) is 54.6 Å². The lowest BCUT2D eigenvalue weighted by Crippen LogP contribution is -2.25. The minimum atomic E-state index is 1.08. The molecule has 0 unspecified atom stereocenters. The summed E-state index contributed by atoms with van der Waals surface area (Å²) < 4.78 is 0. The Hall–Kier alpha value is -2.67. The number of hydrogen-bond acceptors (Lipinski definition) is 1. The van der Waals surface area contributed by atoms with Crippen LogP contribution in [0.5, 0.6) is 0 Å². The summed E-state index contributed by atoms with van der Waals surface area (Å²) in [5.41, 5.74) is 7.49. The van der Waals surface area contributed by atoms with E-state index in [1.165, 1.54) is 33.0 Å². The van der Waals surface area contributed by atoms with Gasteiger partial charge in [0, 0.05) is 16.3 Å². The largest absolute Gasteiger partial charge is 0.247 e. The van der Waals surface area contributed by atoms with Crippen molar-refractivity contribution in [1.29, 1.82) is 0 Å². The molecule has 0 saturated carbocycles. The number of fused-ring (bicyclic) bond motifs is 7. The molecule has 0 saturated heterocycles. The first-order valence-corrected chi connectivity index (χ1v) is 6.84. The SMILES string of the molecule is C1=c2c(ccc3c2=Nc2ccccc2-3)-c2ccccc21. The second kappa shape index (κ2) is 3.45. The second-order valence-electron chi connectivity index (χ2n) is 5.28. The third-order valence-corrected chi connectivity index (χ3v) is 4.19. The molecule has 92 valence electrons.